The molecule has 1 aromatic carbocycles. The van der Waals surface area contributed by atoms with Gasteiger partial charge >= 0.3 is 0 Å². The third-order valence-electron chi connectivity index (χ3n) is 4.48. The minimum absolute atomic E-state index is 0.710. The van der Waals surface area contributed by atoms with Gasteiger partial charge < -0.3 is 9.47 Å². The molecule has 0 aliphatic rings. The Kier molecular flexibility index (Phi) is 6.47. The van der Waals surface area contributed by atoms with Crippen molar-refractivity contribution in [1.29, 1.82) is 0 Å². The van der Waals surface area contributed by atoms with Crippen molar-refractivity contribution in [2.24, 2.45) is 0 Å². The molecule has 0 atom stereocenters. The van der Waals surface area contributed by atoms with E-state index in [1.54, 1.807) is 19.6 Å². The maximum atomic E-state index is 6.09. The van der Waals surface area contributed by atoms with Crippen molar-refractivity contribution in [3.63, 3.8) is 0 Å². The van der Waals surface area contributed by atoms with E-state index in [-0.39, 0.29) is 0 Å². The van der Waals surface area contributed by atoms with Crippen LogP contribution < -0.4 is 9.47 Å². The molecule has 2 heterocycles. The van der Waals surface area contributed by atoms with Crippen LogP contribution in [0.2, 0.25) is 0 Å². The molecule has 0 radical (unpaired) electrons. The average molecular weight is 353 g/mol. The highest BCUT2D eigenvalue weighted by molar-refractivity contribution is 5.70. The second-order valence-electron chi connectivity index (χ2n) is 6.45. The van der Waals surface area contributed by atoms with Crippen LogP contribution in [0.15, 0.2) is 43.0 Å². The van der Waals surface area contributed by atoms with Crippen LogP contribution in [0.1, 0.15) is 45.4 Å². The fourth-order valence-electron chi connectivity index (χ4n) is 3.00. The Morgan fingerprint density at radius 3 is 2.69 bits per heavy atom. The normalized spacial score (nSPS) is 11.0. The third-order valence-corrected chi connectivity index (χ3v) is 4.48. The van der Waals surface area contributed by atoms with Crippen LogP contribution in [-0.2, 0) is 0 Å². The van der Waals surface area contributed by atoms with E-state index in [1.165, 1.54) is 32.1 Å². The number of hydrogen-bond acceptors (Lipinski definition) is 4. The van der Waals surface area contributed by atoms with Gasteiger partial charge in [-0.05, 0) is 24.6 Å². The van der Waals surface area contributed by atoms with E-state index in [9.17, 15) is 0 Å². The molecule has 5 heteroatoms. The molecule has 0 spiro atoms. The SMILES string of the molecule is CCCCCCCCOc1cc(OC)ccc1-c1cn2cnccc2n1. The number of aromatic nitrogens is 3. The van der Waals surface area contributed by atoms with Crippen molar-refractivity contribution in [1.82, 2.24) is 14.4 Å². The van der Waals surface area contributed by atoms with Gasteiger partial charge in [-0.3, -0.25) is 4.40 Å². The van der Waals surface area contributed by atoms with E-state index in [0.717, 1.165) is 34.8 Å². The predicted molar refractivity (Wildman–Crippen MR) is 104 cm³/mol. The van der Waals surface area contributed by atoms with Crippen molar-refractivity contribution < 1.29 is 9.47 Å². The summed E-state index contributed by atoms with van der Waals surface area (Å²) >= 11 is 0. The van der Waals surface area contributed by atoms with Crippen LogP contribution >= 0.6 is 0 Å². The lowest BCUT2D eigenvalue weighted by Crippen LogP contribution is -1.99. The summed E-state index contributed by atoms with van der Waals surface area (Å²) in [5.74, 6) is 1.60. The molecule has 3 aromatic rings. The molecule has 0 unspecified atom stereocenters. The van der Waals surface area contributed by atoms with Gasteiger partial charge in [-0.2, -0.15) is 0 Å². The standard InChI is InChI=1S/C21H27N3O2/c1-3-4-5-6-7-8-13-26-20-14-17(25-2)9-10-18(20)19-15-24-16-22-12-11-21(24)23-19/h9-12,14-16H,3-8,13H2,1-2H3. The lowest BCUT2D eigenvalue weighted by Gasteiger charge is -2.12. The summed E-state index contributed by atoms with van der Waals surface area (Å²) in [6.45, 7) is 2.95. The van der Waals surface area contributed by atoms with E-state index in [1.807, 2.05) is 34.9 Å². The topological polar surface area (TPSA) is 48.7 Å². The number of rotatable bonds is 10. The lowest BCUT2D eigenvalue weighted by atomic mass is 10.1. The molecule has 0 fully saturated rings. The van der Waals surface area contributed by atoms with Gasteiger partial charge in [0.25, 0.3) is 0 Å². The summed E-state index contributed by atoms with van der Waals surface area (Å²) in [5.41, 5.74) is 2.71. The van der Waals surface area contributed by atoms with Gasteiger partial charge in [0.2, 0.25) is 0 Å². The Morgan fingerprint density at radius 2 is 1.88 bits per heavy atom. The summed E-state index contributed by atoms with van der Waals surface area (Å²) in [5, 5.41) is 0. The smallest absolute Gasteiger partial charge is 0.140 e. The predicted octanol–water partition coefficient (Wildman–Crippen LogP) is 5.14. The van der Waals surface area contributed by atoms with Gasteiger partial charge in [0.05, 0.1) is 19.4 Å². The van der Waals surface area contributed by atoms with E-state index >= 15 is 0 Å². The molecule has 0 saturated heterocycles. The van der Waals surface area contributed by atoms with E-state index in [4.69, 9.17) is 9.47 Å². The average Bonchev–Trinajstić information content (AvgIpc) is 3.11. The summed E-state index contributed by atoms with van der Waals surface area (Å²) in [6, 6.07) is 7.78. The molecule has 0 aliphatic heterocycles. The Morgan fingerprint density at radius 1 is 1.04 bits per heavy atom. The molecular formula is C21H27N3O2. The molecular weight excluding hydrogens is 326 g/mol. The van der Waals surface area contributed by atoms with Gasteiger partial charge in [-0.1, -0.05) is 39.0 Å². The molecule has 0 aliphatic carbocycles. The maximum absolute atomic E-state index is 6.09. The maximum Gasteiger partial charge on any atom is 0.140 e. The van der Waals surface area contributed by atoms with E-state index in [0.29, 0.717) is 6.61 Å². The molecule has 5 nitrogen and oxygen atoms in total. The Balaban J connectivity index is 1.71. The number of methoxy groups -OCH3 is 1. The van der Waals surface area contributed by atoms with Crippen LogP contribution in [0.5, 0.6) is 11.5 Å². The van der Waals surface area contributed by atoms with E-state index < -0.39 is 0 Å². The van der Waals surface area contributed by atoms with Crippen molar-refractivity contribution in [3.8, 4) is 22.8 Å². The van der Waals surface area contributed by atoms with Crippen LogP contribution in [0, 0.1) is 0 Å². The molecule has 3 rings (SSSR count). The Bertz CT molecular complexity index is 796. The first-order chi connectivity index (χ1) is 12.8. The first-order valence-electron chi connectivity index (χ1n) is 9.41. The zero-order valence-corrected chi connectivity index (χ0v) is 15.6. The molecule has 0 N–H and O–H groups in total. The van der Waals surface area contributed by atoms with Gasteiger partial charge in [0.15, 0.2) is 0 Å². The number of ether oxygens (including phenoxy) is 2. The number of imidazole rings is 1. The zero-order valence-electron chi connectivity index (χ0n) is 15.6. The van der Waals surface area contributed by atoms with Crippen LogP contribution in [0.25, 0.3) is 16.9 Å². The summed E-state index contributed by atoms with van der Waals surface area (Å²) in [7, 11) is 1.67. The number of nitrogens with zero attached hydrogens (tertiary/aromatic N) is 3. The third kappa shape index (κ3) is 4.54. The molecule has 138 valence electrons. The highest BCUT2D eigenvalue weighted by atomic mass is 16.5. The van der Waals surface area contributed by atoms with Crippen molar-refractivity contribution in [2.45, 2.75) is 45.4 Å². The number of unbranched alkanes of at least 4 members (excludes halogenated alkanes) is 5. The van der Waals surface area contributed by atoms with Gasteiger partial charge in [0.1, 0.15) is 23.5 Å². The van der Waals surface area contributed by atoms with Crippen LogP contribution in [0.4, 0.5) is 0 Å². The fourth-order valence-corrected chi connectivity index (χ4v) is 3.00. The minimum Gasteiger partial charge on any atom is -0.497 e. The number of benzene rings is 1. The largest absolute Gasteiger partial charge is 0.497 e. The highest BCUT2D eigenvalue weighted by Gasteiger charge is 2.12. The fraction of sp³-hybridized carbons (Fsp3) is 0.429. The zero-order chi connectivity index (χ0) is 18.2. The highest BCUT2D eigenvalue weighted by Crippen LogP contribution is 2.33. The monoisotopic (exact) mass is 353 g/mol. The van der Waals surface area contributed by atoms with Crippen molar-refractivity contribution in [3.05, 3.63) is 43.0 Å². The molecule has 2 aromatic heterocycles. The number of fused-ring (bicyclic) bond motifs is 1. The van der Waals surface area contributed by atoms with Crippen molar-refractivity contribution in [2.75, 3.05) is 13.7 Å². The second kappa shape index (κ2) is 9.22. The molecule has 0 amide bonds. The molecule has 0 bridgehead atoms. The number of hydrogen-bond donors (Lipinski definition) is 0. The van der Waals surface area contributed by atoms with Gasteiger partial charge in [-0.15, -0.1) is 0 Å². The van der Waals surface area contributed by atoms with Gasteiger partial charge in [0, 0.05) is 24.0 Å². The van der Waals surface area contributed by atoms with Crippen molar-refractivity contribution >= 4 is 5.65 Å². The Hall–Kier alpha value is -2.56. The molecule has 0 saturated carbocycles. The van der Waals surface area contributed by atoms with E-state index in [2.05, 4.69) is 16.9 Å². The Labute approximate surface area is 155 Å². The summed E-state index contributed by atoms with van der Waals surface area (Å²) in [4.78, 5) is 8.81. The second-order valence-corrected chi connectivity index (χ2v) is 6.45. The summed E-state index contributed by atoms with van der Waals surface area (Å²) in [6.07, 6.45) is 12.9. The lowest BCUT2D eigenvalue weighted by molar-refractivity contribution is 0.303. The first kappa shape index (κ1) is 18.2. The minimum atomic E-state index is 0.710. The van der Waals surface area contributed by atoms with Crippen LogP contribution in [-0.4, -0.2) is 28.1 Å². The molecule has 26 heavy (non-hydrogen) atoms. The van der Waals surface area contributed by atoms with Crippen LogP contribution in [0.3, 0.4) is 0 Å². The first-order valence-corrected chi connectivity index (χ1v) is 9.41. The summed E-state index contributed by atoms with van der Waals surface area (Å²) < 4.78 is 13.4. The quantitative estimate of drug-likeness (QED) is 0.473. The van der Waals surface area contributed by atoms with Gasteiger partial charge in [-0.25, -0.2) is 9.97 Å².